The molecule has 1 heterocycles. The zero-order valence-corrected chi connectivity index (χ0v) is 11.9. The molecule has 96 valence electrons. The highest BCUT2D eigenvalue weighted by atomic mass is 79.9. The molecule has 17 heavy (non-hydrogen) atoms. The van der Waals surface area contributed by atoms with E-state index >= 15 is 0 Å². The summed E-state index contributed by atoms with van der Waals surface area (Å²) >= 11 is 3.38. The summed E-state index contributed by atoms with van der Waals surface area (Å²) in [5.74, 6) is 1.06. The highest BCUT2D eigenvalue weighted by Crippen LogP contribution is 2.16. The summed E-state index contributed by atoms with van der Waals surface area (Å²) in [4.78, 5) is 13.5. The van der Waals surface area contributed by atoms with Crippen molar-refractivity contribution in [2.45, 2.75) is 26.8 Å². The molecule has 1 N–H and O–H groups in total. The van der Waals surface area contributed by atoms with E-state index in [0.717, 1.165) is 23.3 Å². The molecule has 5 heteroatoms. The Morgan fingerprint density at radius 3 is 2.71 bits per heavy atom. The van der Waals surface area contributed by atoms with E-state index in [1.807, 2.05) is 24.8 Å². The maximum absolute atomic E-state index is 11.7. The summed E-state index contributed by atoms with van der Waals surface area (Å²) in [6.07, 6.45) is 2.17. The topological polar surface area (TPSA) is 45.5 Å². The third-order valence-corrected chi connectivity index (χ3v) is 3.31. The number of furan rings is 1. The van der Waals surface area contributed by atoms with Crippen molar-refractivity contribution in [3.8, 4) is 0 Å². The molecular formula is C12H19BrN2O2. The molecule has 0 spiro atoms. The second-order valence-corrected chi connectivity index (χ2v) is 4.54. The highest BCUT2D eigenvalue weighted by Gasteiger charge is 2.09. The van der Waals surface area contributed by atoms with Gasteiger partial charge in [0.1, 0.15) is 5.76 Å². The van der Waals surface area contributed by atoms with Gasteiger partial charge in [-0.05, 0) is 35.8 Å². The van der Waals surface area contributed by atoms with Gasteiger partial charge in [-0.1, -0.05) is 0 Å². The van der Waals surface area contributed by atoms with Crippen molar-refractivity contribution >= 4 is 21.8 Å². The summed E-state index contributed by atoms with van der Waals surface area (Å²) in [6.45, 7) is 6.85. The Bertz CT molecular complexity index is 348. The van der Waals surface area contributed by atoms with Crippen molar-refractivity contribution < 1.29 is 9.21 Å². The molecule has 0 aliphatic rings. The zero-order valence-electron chi connectivity index (χ0n) is 10.3. The molecule has 1 rings (SSSR count). The van der Waals surface area contributed by atoms with Crippen LogP contribution in [0.15, 0.2) is 21.2 Å². The monoisotopic (exact) mass is 302 g/mol. The van der Waals surface area contributed by atoms with Crippen LogP contribution in [0.2, 0.25) is 0 Å². The normalized spacial score (nSPS) is 10.5. The number of carbonyl (C=O) groups excluding carboxylic acids is 1. The quantitative estimate of drug-likeness (QED) is 0.787. The molecule has 0 saturated heterocycles. The van der Waals surface area contributed by atoms with Crippen molar-refractivity contribution in [2.75, 3.05) is 19.6 Å². The standard InChI is InChI=1S/C12H19BrN2O2/c1-3-15(4-2)12(16)5-7-14-9-11-10(13)6-8-17-11/h6,8,14H,3-5,7,9H2,1-2H3. The maximum Gasteiger partial charge on any atom is 0.223 e. The van der Waals surface area contributed by atoms with Gasteiger partial charge in [0.25, 0.3) is 0 Å². The van der Waals surface area contributed by atoms with Crippen molar-refractivity contribution in [3.05, 3.63) is 22.6 Å². The average Bonchev–Trinajstić information content (AvgIpc) is 2.72. The predicted molar refractivity (Wildman–Crippen MR) is 70.7 cm³/mol. The number of nitrogens with one attached hydrogen (secondary N) is 1. The summed E-state index contributed by atoms with van der Waals surface area (Å²) < 4.78 is 6.21. The van der Waals surface area contributed by atoms with Gasteiger partial charge in [-0.2, -0.15) is 0 Å². The Labute approximate surface area is 110 Å². The second kappa shape index (κ2) is 7.50. The smallest absolute Gasteiger partial charge is 0.223 e. The fourth-order valence-electron chi connectivity index (χ4n) is 1.58. The van der Waals surface area contributed by atoms with Crippen LogP contribution in [-0.2, 0) is 11.3 Å². The van der Waals surface area contributed by atoms with Crippen LogP contribution in [0, 0.1) is 0 Å². The van der Waals surface area contributed by atoms with E-state index in [9.17, 15) is 4.79 Å². The van der Waals surface area contributed by atoms with Crippen LogP contribution >= 0.6 is 15.9 Å². The van der Waals surface area contributed by atoms with Crippen LogP contribution in [0.5, 0.6) is 0 Å². The van der Waals surface area contributed by atoms with E-state index in [2.05, 4.69) is 21.2 Å². The lowest BCUT2D eigenvalue weighted by Crippen LogP contribution is -2.32. The molecule has 0 unspecified atom stereocenters. The molecular weight excluding hydrogens is 284 g/mol. The third kappa shape index (κ3) is 4.52. The SMILES string of the molecule is CCN(CC)C(=O)CCNCc1occc1Br. The first-order chi connectivity index (χ1) is 8.19. The Balaban J connectivity index is 2.20. The molecule has 0 bridgehead atoms. The van der Waals surface area contributed by atoms with E-state index in [4.69, 9.17) is 4.42 Å². The molecule has 1 amide bonds. The Morgan fingerprint density at radius 1 is 1.47 bits per heavy atom. The molecule has 0 aliphatic carbocycles. The molecule has 4 nitrogen and oxygen atoms in total. The highest BCUT2D eigenvalue weighted by molar-refractivity contribution is 9.10. The lowest BCUT2D eigenvalue weighted by molar-refractivity contribution is -0.130. The molecule has 0 aliphatic heterocycles. The summed E-state index contributed by atoms with van der Waals surface area (Å²) in [6, 6.07) is 1.86. The molecule has 0 atom stereocenters. The van der Waals surface area contributed by atoms with Gasteiger partial charge < -0.3 is 14.6 Å². The maximum atomic E-state index is 11.7. The Morgan fingerprint density at radius 2 is 2.18 bits per heavy atom. The van der Waals surface area contributed by atoms with Crippen molar-refractivity contribution in [1.82, 2.24) is 10.2 Å². The summed E-state index contributed by atoms with van der Waals surface area (Å²) in [5, 5.41) is 3.19. The molecule has 0 radical (unpaired) electrons. The van der Waals surface area contributed by atoms with Gasteiger partial charge in [0, 0.05) is 26.1 Å². The molecule has 0 saturated carbocycles. The van der Waals surface area contributed by atoms with Crippen LogP contribution in [0.4, 0.5) is 0 Å². The van der Waals surface area contributed by atoms with Gasteiger partial charge in [0.15, 0.2) is 0 Å². The van der Waals surface area contributed by atoms with E-state index in [1.54, 1.807) is 6.26 Å². The number of halogens is 1. The number of rotatable bonds is 7. The minimum atomic E-state index is 0.195. The van der Waals surface area contributed by atoms with E-state index in [1.165, 1.54) is 0 Å². The average molecular weight is 303 g/mol. The number of carbonyl (C=O) groups is 1. The van der Waals surface area contributed by atoms with Crippen LogP contribution in [-0.4, -0.2) is 30.4 Å². The number of hydrogen-bond acceptors (Lipinski definition) is 3. The lowest BCUT2D eigenvalue weighted by Gasteiger charge is -2.18. The first kappa shape index (κ1) is 14.3. The zero-order chi connectivity index (χ0) is 12.7. The van der Waals surface area contributed by atoms with Crippen molar-refractivity contribution in [3.63, 3.8) is 0 Å². The number of amides is 1. The van der Waals surface area contributed by atoms with Crippen molar-refractivity contribution in [2.24, 2.45) is 0 Å². The van der Waals surface area contributed by atoms with Crippen LogP contribution in [0.25, 0.3) is 0 Å². The number of hydrogen-bond donors (Lipinski definition) is 1. The molecule has 1 aromatic rings. The van der Waals surface area contributed by atoms with E-state index in [0.29, 0.717) is 19.5 Å². The predicted octanol–water partition coefficient (Wildman–Crippen LogP) is 2.39. The largest absolute Gasteiger partial charge is 0.467 e. The van der Waals surface area contributed by atoms with Gasteiger partial charge in [0.05, 0.1) is 17.3 Å². The van der Waals surface area contributed by atoms with Gasteiger partial charge in [-0.25, -0.2) is 0 Å². The fourth-order valence-corrected chi connectivity index (χ4v) is 1.92. The van der Waals surface area contributed by atoms with Gasteiger partial charge in [-0.15, -0.1) is 0 Å². The molecule has 1 aromatic heterocycles. The molecule has 0 fully saturated rings. The van der Waals surface area contributed by atoms with Gasteiger partial charge in [-0.3, -0.25) is 4.79 Å². The first-order valence-corrected chi connectivity index (χ1v) is 6.68. The Kier molecular flexibility index (Phi) is 6.29. The van der Waals surface area contributed by atoms with Crippen LogP contribution in [0.3, 0.4) is 0 Å². The van der Waals surface area contributed by atoms with E-state index < -0.39 is 0 Å². The fraction of sp³-hybridized carbons (Fsp3) is 0.583. The third-order valence-electron chi connectivity index (χ3n) is 2.61. The molecule has 0 aromatic carbocycles. The van der Waals surface area contributed by atoms with E-state index in [-0.39, 0.29) is 5.91 Å². The minimum Gasteiger partial charge on any atom is -0.467 e. The summed E-state index contributed by atoms with van der Waals surface area (Å²) in [5.41, 5.74) is 0. The number of nitrogens with zero attached hydrogens (tertiary/aromatic N) is 1. The van der Waals surface area contributed by atoms with Crippen LogP contribution < -0.4 is 5.32 Å². The second-order valence-electron chi connectivity index (χ2n) is 3.68. The Hall–Kier alpha value is -0.810. The summed E-state index contributed by atoms with van der Waals surface area (Å²) in [7, 11) is 0. The van der Waals surface area contributed by atoms with Gasteiger partial charge >= 0.3 is 0 Å². The lowest BCUT2D eigenvalue weighted by atomic mass is 10.3. The first-order valence-electron chi connectivity index (χ1n) is 5.89. The van der Waals surface area contributed by atoms with Crippen LogP contribution in [0.1, 0.15) is 26.0 Å². The van der Waals surface area contributed by atoms with Gasteiger partial charge in [0.2, 0.25) is 5.91 Å². The minimum absolute atomic E-state index is 0.195. The van der Waals surface area contributed by atoms with Crippen molar-refractivity contribution in [1.29, 1.82) is 0 Å².